The van der Waals surface area contributed by atoms with Crippen molar-refractivity contribution in [2.45, 2.75) is 37.8 Å². The first-order valence-electron chi connectivity index (χ1n) is 7.25. The second-order valence-corrected chi connectivity index (χ2v) is 8.91. The van der Waals surface area contributed by atoms with Gasteiger partial charge in [0.15, 0.2) is 14.9 Å². The summed E-state index contributed by atoms with van der Waals surface area (Å²) in [5.74, 6) is -0.235. The Hall–Kier alpha value is -1.41. The van der Waals surface area contributed by atoms with E-state index in [2.05, 4.69) is 9.97 Å². The third-order valence-corrected chi connectivity index (χ3v) is 5.30. The molecule has 0 aromatic carbocycles. The van der Waals surface area contributed by atoms with Crippen LogP contribution in [0.5, 0.6) is 0 Å². The van der Waals surface area contributed by atoms with E-state index in [1.165, 1.54) is 6.07 Å². The molecule has 0 saturated carbocycles. The van der Waals surface area contributed by atoms with Gasteiger partial charge in [-0.1, -0.05) is 11.6 Å². The van der Waals surface area contributed by atoms with Gasteiger partial charge in [0, 0.05) is 19.2 Å². The highest BCUT2D eigenvalue weighted by atomic mass is 35.5. The topological polar surface area (TPSA) is 89.5 Å². The lowest BCUT2D eigenvalue weighted by atomic mass is 10.2. The highest BCUT2D eigenvalue weighted by Gasteiger charge is 2.33. The molecule has 0 aliphatic carbocycles. The van der Waals surface area contributed by atoms with Crippen LogP contribution in [0, 0.1) is 5.92 Å². The zero-order valence-electron chi connectivity index (χ0n) is 13.3. The van der Waals surface area contributed by atoms with Crippen molar-refractivity contribution < 1.29 is 17.9 Å². The lowest BCUT2D eigenvalue weighted by molar-refractivity contribution is 0.0289. The van der Waals surface area contributed by atoms with Gasteiger partial charge in [0.25, 0.3) is 0 Å². The van der Waals surface area contributed by atoms with Gasteiger partial charge in [0.05, 0.1) is 5.75 Å². The van der Waals surface area contributed by atoms with Gasteiger partial charge < -0.3 is 9.64 Å². The third kappa shape index (κ3) is 5.04. The van der Waals surface area contributed by atoms with Crippen molar-refractivity contribution in [2.75, 3.05) is 18.8 Å². The fourth-order valence-corrected chi connectivity index (χ4v) is 4.12. The summed E-state index contributed by atoms with van der Waals surface area (Å²) in [6.45, 7) is 6.22. The Kier molecular flexibility index (Phi) is 5.15. The number of hydrogen-bond donors (Lipinski definition) is 0. The van der Waals surface area contributed by atoms with Crippen molar-refractivity contribution in [3.05, 3.63) is 17.5 Å². The molecule has 0 N–H and O–H groups in total. The standard InChI is InChI=1S/C14H20ClN3O4S/c1-14(2,3)22-13(19)18-5-4-10(7-18)8-23(20,21)12-6-11(15)16-9-17-12/h6,9-10H,4-5,7-8H2,1-3H3/t10-/m1/s1. The highest BCUT2D eigenvalue weighted by Crippen LogP contribution is 2.23. The number of sulfone groups is 1. The molecule has 1 aliphatic heterocycles. The van der Waals surface area contributed by atoms with Crippen molar-refractivity contribution in [2.24, 2.45) is 5.92 Å². The van der Waals surface area contributed by atoms with Crippen LogP contribution in [0.15, 0.2) is 17.4 Å². The molecular weight excluding hydrogens is 342 g/mol. The Labute approximate surface area is 140 Å². The lowest BCUT2D eigenvalue weighted by Gasteiger charge is -2.24. The molecule has 1 atom stereocenters. The minimum Gasteiger partial charge on any atom is -0.444 e. The monoisotopic (exact) mass is 361 g/mol. The largest absolute Gasteiger partial charge is 0.444 e. The summed E-state index contributed by atoms with van der Waals surface area (Å²) in [4.78, 5) is 21.0. The number of likely N-dealkylation sites (tertiary alicyclic amines) is 1. The number of rotatable bonds is 3. The molecule has 1 saturated heterocycles. The number of amides is 1. The molecule has 0 unspecified atom stereocenters. The van der Waals surface area contributed by atoms with Crippen LogP contribution in [0.3, 0.4) is 0 Å². The van der Waals surface area contributed by atoms with Crippen LogP contribution in [0.25, 0.3) is 0 Å². The molecule has 2 heterocycles. The number of nitrogens with zero attached hydrogens (tertiary/aromatic N) is 3. The van der Waals surface area contributed by atoms with Crippen LogP contribution < -0.4 is 0 Å². The average molecular weight is 362 g/mol. The van der Waals surface area contributed by atoms with E-state index in [1.54, 1.807) is 25.7 Å². The fraction of sp³-hybridized carbons (Fsp3) is 0.643. The van der Waals surface area contributed by atoms with Crippen LogP contribution in [0.1, 0.15) is 27.2 Å². The first-order valence-corrected chi connectivity index (χ1v) is 9.28. The second kappa shape index (κ2) is 6.60. The van der Waals surface area contributed by atoms with E-state index in [4.69, 9.17) is 16.3 Å². The fourth-order valence-electron chi connectivity index (χ4n) is 2.34. The van der Waals surface area contributed by atoms with Gasteiger partial charge in [-0.05, 0) is 33.1 Å². The minimum atomic E-state index is -3.56. The van der Waals surface area contributed by atoms with Gasteiger partial charge in [0.1, 0.15) is 17.1 Å². The first-order chi connectivity index (χ1) is 10.6. The molecule has 128 valence electrons. The summed E-state index contributed by atoms with van der Waals surface area (Å²) in [7, 11) is -3.56. The van der Waals surface area contributed by atoms with Crippen LogP contribution in [0.4, 0.5) is 4.79 Å². The summed E-state index contributed by atoms with van der Waals surface area (Å²) in [5, 5.41) is -0.00593. The summed E-state index contributed by atoms with van der Waals surface area (Å²) < 4.78 is 30.0. The number of ether oxygens (including phenoxy) is 1. The van der Waals surface area contributed by atoms with Crippen molar-refractivity contribution >= 4 is 27.5 Å². The zero-order valence-corrected chi connectivity index (χ0v) is 14.9. The molecule has 2 rings (SSSR count). The number of carbonyl (C=O) groups excluding carboxylic acids is 1. The number of carbonyl (C=O) groups is 1. The van der Waals surface area contributed by atoms with E-state index in [-0.39, 0.29) is 21.8 Å². The summed E-state index contributed by atoms with van der Waals surface area (Å²) in [5.41, 5.74) is -0.570. The molecule has 0 radical (unpaired) electrons. The Bertz CT molecular complexity index is 688. The van der Waals surface area contributed by atoms with Crippen molar-refractivity contribution in [3.63, 3.8) is 0 Å². The van der Waals surface area contributed by atoms with E-state index in [0.29, 0.717) is 19.5 Å². The number of halogens is 1. The van der Waals surface area contributed by atoms with Crippen LogP contribution in [-0.2, 0) is 14.6 Å². The first kappa shape index (κ1) is 17.9. The molecule has 1 aromatic heterocycles. The molecule has 1 aromatic rings. The van der Waals surface area contributed by atoms with E-state index < -0.39 is 21.5 Å². The smallest absolute Gasteiger partial charge is 0.410 e. The van der Waals surface area contributed by atoms with Gasteiger partial charge in [-0.15, -0.1) is 0 Å². The SMILES string of the molecule is CC(C)(C)OC(=O)N1CC[C@@H](CS(=O)(=O)c2cc(Cl)ncn2)C1. The van der Waals surface area contributed by atoms with Crippen LogP contribution in [-0.4, -0.2) is 53.8 Å². The lowest BCUT2D eigenvalue weighted by Crippen LogP contribution is -2.35. The maximum atomic E-state index is 12.4. The van der Waals surface area contributed by atoms with E-state index in [9.17, 15) is 13.2 Å². The molecule has 1 fully saturated rings. The Morgan fingerprint density at radius 3 is 2.74 bits per heavy atom. The van der Waals surface area contributed by atoms with E-state index in [0.717, 1.165) is 6.33 Å². The van der Waals surface area contributed by atoms with Gasteiger partial charge in [0.2, 0.25) is 0 Å². The van der Waals surface area contributed by atoms with Gasteiger partial charge >= 0.3 is 6.09 Å². The molecule has 0 spiro atoms. The van der Waals surface area contributed by atoms with E-state index >= 15 is 0 Å². The molecule has 9 heteroatoms. The summed E-state index contributed by atoms with van der Waals surface area (Å²) >= 11 is 5.71. The van der Waals surface area contributed by atoms with Gasteiger partial charge in [-0.3, -0.25) is 0 Å². The van der Waals surface area contributed by atoms with Gasteiger partial charge in [-0.25, -0.2) is 23.2 Å². The molecule has 1 amide bonds. The minimum absolute atomic E-state index is 0.0837. The van der Waals surface area contributed by atoms with E-state index in [1.807, 2.05) is 0 Å². The predicted octanol–water partition coefficient (Wildman–Crippen LogP) is 2.16. The third-order valence-electron chi connectivity index (χ3n) is 3.32. The molecule has 1 aliphatic rings. The average Bonchev–Trinajstić information content (AvgIpc) is 2.84. The molecule has 0 bridgehead atoms. The molecular formula is C14H20ClN3O4S. The van der Waals surface area contributed by atoms with Crippen molar-refractivity contribution in [1.29, 1.82) is 0 Å². The quantitative estimate of drug-likeness (QED) is 0.766. The summed E-state index contributed by atoms with van der Waals surface area (Å²) in [6.07, 6.45) is 1.32. The van der Waals surface area contributed by atoms with Gasteiger partial charge in [-0.2, -0.15) is 0 Å². The zero-order chi connectivity index (χ0) is 17.3. The van der Waals surface area contributed by atoms with Crippen molar-refractivity contribution in [1.82, 2.24) is 14.9 Å². The number of hydrogen-bond acceptors (Lipinski definition) is 6. The van der Waals surface area contributed by atoms with Crippen LogP contribution in [0.2, 0.25) is 5.15 Å². The molecule has 7 nitrogen and oxygen atoms in total. The normalized spacial score (nSPS) is 19.0. The predicted molar refractivity (Wildman–Crippen MR) is 85.0 cm³/mol. The Morgan fingerprint density at radius 1 is 1.43 bits per heavy atom. The maximum absolute atomic E-state index is 12.4. The summed E-state index contributed by atoms with van der Waals surface area (Å²) in [6, 6.07) is 1.23. The number of aromatic nitrogens is 2. The second-order valence-electron chi connectivity index (χ2n) is 6.54. The Balaban J connectivity index is 1.99. The highest BCUT2D eigenvalue weighted by molar-refractivity contribution is 7.91. The van der Waals surface area contributed by atoms with Crippen molar-refractivity contribution in [3.8, 4) is 0 Å². The van der Waals surface area contributed by atoms with Crippen LogP contribution >= 0.6 is 11.6 Å². The maximum Gasteiger partial charge on any atom is 0.410 e. The molecule has 23 heavy (non-hydrogen) atoms. The Morgan fingerprint density at radius 2 is 2.13 bits per heavy atom.